The normalized spacial score (nSPS) is 10.1. The average Bonchev–Trinajstić information content (AvgIpc) is 2.79. The molecule has 0 unspecified atom stereocenters. The van der Waals surface area contributed by atoms with Crippen molar-refractivity contribution in [3.63, 3.8) is 0 Å². The summed E-state index contributed by atoms with van der Waals surface area (Å²) in [5, 5.41) is 0. The van der Waals surface area contributed by atoms with Crippen LogP contribution in [0.5, 0.6) is 0 Å². The topological polar surface area (TPSA) is 0 Å². The van der Waals surface area contributed by atoms with E-state index in [0.717, 1.165) is 11.0 Å². The number of quaternary nitrogens is 1. The molecule has 0 aromatic heterocycles. The average molecular weight is 272 g/mol. The molecule has 0 saturated carbocycles. The molecule has 2 rings (SSSR count). The van der Waals surface area contributed by atoms with Crippen molar-refractivity contribution in [2.45, 2.75) is 13.5 Å². The summed E-state index contributed by atoms with van der Waals surface area (Å²) in [4.78, 5) is 0. The van der Waals surface area contributed by atoms with Crippen molar-refractivity contribution in [3.05, 3.63) is 59.7 Å². The first-order valence-electron chi connectivity index (χ1n) is 5.67. The van der Waals surface area contributed by atoms with Gasteiger partial charge >= 0.3 is 17.1 Å². The molecular weight excluding hydrogens is 250 g/mol. The largest absolute Gasteiger partial charge is 2.00 e. The van der Waals surface area contributed by atoms with Gasteiger partial charge in [-0.2, -0.15) is 35.9 Å². The SMILES string of the molecule is Cc1cc[cH-]c1C[N+](C)(C)C.[Fe+2].c1cc[cH-]c1. The molecule has 0 bridgehead atoms. The van der Waals surface area contributed by atoms with Crippen LogP contribution in [0, 0.1) is 6.92 Å². The molecule has 0 amide bonds. The van der Waals surface area contributed by atoms with E-state index >= 15 is 0 Å². The monoisotopic (exact) mass is 272 g/mol. The first kappa shape index (κ1) is 16.2. The summed E-state index contributed by atoms with van der Waals surface area (Å²) in [7, 11) is 6.64. The molecule has 2 aromatic carbocycles. The predicted octanol–water partition coefficient (Wildman–Crippen LogP) is 3.32. The Bertz CT molecular complexity index is 362. The minimum absolute atomic E-state index is 0. The molecule has 2 aromatic rings. The van der Waals surface area contributed by atoms with Gasteiger partial charge in [0.2, 0.25) is 0 Å². The summed E-state index contributed by atoms with van der Waals surface area (Å²) in [6.45, 7) is 3.30. The smallest absolute Gasteiger partial charge is 0.329 e. The zero-order chi connectivity index (χ0) is 12.0. The van der Waals surface area contributed by atoms with Gasteiger partial charge in [-0.1, -0.05) is 6.92 Å². The van der Waals surface area contributed by atoms with Crippen LogP contribution in [0.3, 0.4) is 0 Å². The van der Waals surface area contributed by atoms with Gasteiger partial charge in [0.25, 0.3) is 0 Å². The van der Waals surface area contributed by atoms with Crippen LogP contribution in [-0.4, -0.2) is 25.6 Å². The minimum atomic E-state index is 0. The third-order valence-corrected chi connectivity index (χ3v) is 2.35. The van der Waals surface area contributed by atoms with Crippen molar-refractivity contribution < 1.29 is 21.6 Å². The molecule has 0 heterocycles. The summed E-state index contributed by atoms with van der Waals surface area (Å²) < 4.78 is 1.00. The number of rotatable bonds is 2. The van der Waals surface area contributed by atoms with Crippen LogP contribution in [0.1, 0.15) is 11.1 Å². The maximum Gasteiger partial charge on any atom is 2.00 e. The van der Waals surface area contributed by atoms with Crippen LogP contribution in [0.2, 0.25) is 0 Å². The van der Waals surface area contributed by atoms with Gasteiger partial charge in [-0.05, 0) is 0 Å². The summed E-state index contributed by atoms with van der Waals surface area (Å²) in [5.41, 5.74) is 2.88. The van der Waals surface area contributed by atoms with Gasteiger partial charge in [0, 0.05) is 0 Å². The van der Waals surface area contributed by atoms with Crippen LogP contribution >= 0.6 is 0 Å². The Morgan fingerprint density at radius 1 is 1.06 bits per heavy atom. The van der Waals surface area contributed by atoms with E-state index in [1.165, 1.54) is 11.1 Å². The van der Waals surface area contributed by atoms with E-state index < -0.39 is 0 Å². The van der Waals surface area contributed by atoms with Crippen LogP contribution in [0.25, 0.3) is 0 Å². The molecule has 0 aliphatic rings. The Labute approximate surface area is 116 Å². The van der Waals surface area contributed by atoms with E-state index in [1.54, 1.807) is 0 Å². The van der Waals surface area contributed by atoms with E-state index in [2.05, 4.69) is 46.3 Å². The zero-order valence-corrected chi connectivity index (χ0v) is 12.2. The van der Waals surface area contributed by atoms with Gasteiger partial charge in [-0.15, -0.1) is 5.56 Å². The van der Waals surface area contributed by atoms with E-state index in [1.807, 2.05) is 30.3 Å². The van der Waals surface area contributed by atoms with Gasteiger partial charge in [-0.3, -0.25) is 0 Å². The second-order valence-corrected chi connectivity index (χ2v) is 5.14. The molecule has 0 saturated heterocycles. The van der Waals surface area contributed by atoms with Crippen molar-refractivity contribution in [1.82, 2.24) is 0 Å². The van der Waals surface area contributed by atoms with Crippen molar-refractivity contribution in [2.24, 2.45) is 0 Å². The van der Waals surface area contributed by atoms with E-state index in [-0.39, 0.29) is 17.1 Å². The molecule has 17 heavy (non-hydrogen) atoms. The molecule has 1 nitrogen and oxygen atoms in total. The Morgan fingerprint density at radius 2 is 1.65 bits per heavy atom. The van der Waals surface area contributed by atoms with Crippen LogP contribution in [-0.2, 0) is 23.6 Å². The maximum absolute atomic E-state index is 2.21. The standard InChI is InChI=1S/C10H17N.C5H5.Fe/c1-9-6-5-7-10(9)8-11(2,3)4;1-2-4-5-3-1;/h5-7H,8H2,1-4H3;1-5H;/q;-1;+2. The van der Waals surface area contributed by atoms with Gasteiger partial charge in [-0.25, -0.2) is 18.2 Å². The first-order valence-corrected chi connectivity index (χ1v) is 5.67. The van der Waals surface area contributed by atoms with Crippen LogP contribution < -0.4 is 0 Å². The Morgan fingerprint density at radius 3 is 1.94 bits per heavy atom. The van der Waals surface area contributed by atoms with Gasteiger partial charge < -0.3 is 4.48 Å². The quantitative estimate of drug-likeness (QED) is 0.447. The second-order valence-electron chi connectivity index (χ2n) is 5.14. The molecule has 2 heteroatoms. The Kier molecular flexibility index (Phi) is 7.13. The van der Waals surface area contributed by atoms with Gasteiger partial charge in [0.15, 0.2) is 0 Å². The van der Waals surface area contributed by atoms with Crippen LogP contribution in [0.4, 0.5) is 0 Å². The van der Waals surface area contributed by atoms with E-state index in [4.69, 9.17) is 0 Å². The van der Waals surface area contributed by atoms with Gasteiger partial charge in [0.05, 0.1) is 27.7 Å². The van der Waals surface area contributed by atoms with E-state index in [9.17, 15) is 0 Å². The summed E-state index contributed by atoms with van der Waals surface area (Å²) in [6, 6.07) is 16.5. The Balaban J connectivity index is 0.000000360. The van der Waals surface area contributed by atoms with Gasteiger partial charge in [0.1, 0.15) is 0 Å². The molecule has 94 valence electrons. The number of nitrogens with zero attached hydrogens (tertiary/aromatic N) is 1. The maximum atomic E-state index is 2.21. The fraction of sp³-hybridized carbons (Fsp3) is 0.333. The summed E-state index contributed by atoms with van der Waals surface area (Å²) in [6.07, 6.45) is 0. The molecule has 0 spiro atoms. The first-order chi connectivity index (χ1) is 7.49. The van der Waals surface area contributed by atoms with Crippen molar-refractivity contribution in [1.29, 1.82) is 0 Å². The minimum Gasteiger partial charge on any atom is -0.329 e. The fourth-order valence-corrected chi connectivity index (χ4v) is 1.56. The van der Waals surface area contributed by atoms with Crippen molar-refractivity contribution in [3.8, 4) is 0 Å². The molecule has 0 aliphatic carbocycles. The van der Waals surface area contributed by atoms with E-state index in [0.29, 0.717) is 0 Å². The third-order valence-electron chi connectivity index (χ3n) is 2.35. The molecule has 0 fully saturated rings. The fourth-order valence-electron chi connectivity index (χ4n) is 1.56. The number of hydrogen-bond donors (Lipinski definition) is 0. The van der Waals surface area contributed by atoms with Crippen molar-refractivity contribution >= 4 is 0 Å². The molecular formula is C15H22FeN+. The van der Waals surface area contributed by atoms with Crippen molar-refractivity contribution in [2.75, 3.05) is 21.1 Å². The zero-order valence-electron chi connectivity index (χ0n) is 11.1. The third kappa shape index (κ3) is 7.17. The van der Waals surface area contributed by atoms with Crippen LogP contribution in [0.15, 0.2) is 48.5 Å². The molecule has 0 radical (unpaired) electrons. The predicted molar refractivity (Wildman–Crippen MR) is 70.5 cm³/mol. The summed E-state index contributed by atoms with van der Waals surface area (Å²) in [5.74, 6) is 0. The molecule has 0 aliphatic heterocycles. The number of hydrogen-bond acceptors (Lipinski definition) is 0. The summed E-state index contributed by atoms with van der Waals surface area (Å²) >= 11 is 0. The Hall–Kier alpha value is -0.821. The molecule has 0 atom stereocenters. The number of aryl methyl sites for hydroxylation is 1. The molecule has 0 N–H and O–H groups in total. The second kappa shape index (κ2) is 7.49.